The summed E-state index contributed by atoms with van der Waals surface area (Å²) < 4.78 is 11.0. The second kappa shape index (κ2) is 9.08. The minimum atomic E-state index is -2.11. The summed E-state index contributed by atoms with van der Waals surface area (Å²) in [4.78, 5) is 36.5. The smallest absolute Gasteiger partial charge is 0.407 e. The first kappa shape index (κ1) is 23.7. The number of aliphatic hydroxyl groups is 1. The van der Waals surface area contributed by atoms with Crippen LogP contribution in [0.25, 0.3) is 11.1 Å². The van der Waals surface area contributed by atoms with E-state index in [1.807, 2.05) is 36.4 Å². The Morgan fingerprint density at radius 1 is 1.12 bits per heavy atom. The van der Waals surface area contributed by atoms with Gasteiger partial charge >= 0.3 is 12.1 Å². The zero-order valence-electron chi connectivity index (χ0n) is 19.0. The number of alkyl carbamates (subject to hydrolysis) is 1. The normalized spacial score (nSPS) is 22.9. The zero-order valence-corrected chi connectivity index (χ0v) is 19.0. The summed E-state index contributed by atoms with van der Waals surface area (Å²) in [6, 6.07) is 15.3. The lowest BCUT2D eigenvalue weighted by atomic mass is 9.84. The van der Waals surface area contributed by atoms with E-state index >= 15 is 0 Å². The van der Waals surface area contributed by atoms with Gasteiger partial charge in [-0.15, -0.1) is 0 Å². The number of carbonyl (C=O) groups is 3. The van der Waals surface area contributed by atoms with Gasteiger partial charge < -0.3 is 30.3 Å². The molecule has 0 aromatic heterocycles. The number of carbonyl (C=O) groups excluding carboxylic acids is 2. The molecule has 1 aliphatic carbocycles. The number of hydrogen-bond donors (Lipinski definition) is 4. The molecule has 2 aromatic rings. The Hall–Kier alpha value is -3.43. The number of carboxylic acids is 1. The molecule has 4 N–H and O–H groups in total. The molecular weight excluding hydrogens is 440 g/mol. The number of benzene rings is 2. The highest BCUT2D eigenvalue weighted by molar-refractivity contribution is 5.86. The average Bonchev–Trinajstić information content (AvgIpc) is 3.34. The van der Waals surface area contributed by atoms with Crippen LogP contribution in [0.5, 0.6) is 0 Å². The number of carboxylic acid groups (broad SMARTS) is 1. The van der Waals surface area contributed by atoms with E-state index in [4.69, 9.17) is 14.6 Å². The van der Waals surface area contributed by atoms with Crippen LogP contribution in [0.3, 0.4) is 0 Å². The van der Waals surface area contributed by atoms with Crippen LogP contribution in [-0.4, -0.2) is 66.2 Å². The first-order chi connectivity index (χ1) is 16.1. The van der Waals surface area contributed by atoms with Crippen LogP contribution in [0.1, 0.15) is 30.9 Å². The van der Waals surface area contributed by atoms with Crippen molar-refractivity contribution in [2.24, 2.45) is 5.41 Å². The number of nitrogens with one attached hydrogen (secondary N) is 2. The molecule has 0 bridgehead atoms. The fourth-order valence-electron chi connectivity index (χ4n) is 4.41. The molecule has 180 valence electrons. The van der Waals surface area contributed by atoms with Gasteiger partial charge in [0.1, 0.15) is 6.61 Å². The second-order valence-electron chi connectivity index (χ2n) is 9.22. The molecule has 0 radical (unpaired) electrons. The van der Waals surface area contributed by atoms with E-state index in [0.717, 1.165) is 29.2 Å². The summed E-state index contributed by atoms with van der Waals surface area (Å²) in [6.45, 7) is 2.49. The van der Waals surface area contributed by atoms with Crippen molar-refractivity contribution in [3.63, 3.8) is 0 Å². The second-order valence-corrected chi connectivity index (χ2v) is 9.22. The van der Waals surface area contributed by atoms with Crippen LogP contribution in [0.2, 0.25) is 0 Å². The van der Waals surface area contributed by atoms with Gasteiger partial charge in [-0.1, -0.05) is 48.5 Å². The third-order valence-corrected chi connectivity index (χ3v) is 6.66. The van der Waals surface area contributed by atoms with Crippen LogP contribution < -0.4 is 10.6 Å². The van der Waals surface area contributed by atoms with Gasteiger partial charge in [0, 0.05) is 5.92 Å². The van der Waals surface area contributed by atoms with E-state index in [0.29, 0.717) is 0 Å². The lowest BCUT2D eigenvalue weighted by Crippen LogP contribution is -2.56. The lowest BCUT2D eigenvalue weighted by Gasteiger charge is -2.30. The van der Waals surface area contributed by atoms with Gasteiger partial charge in [0.2, 0.25) is 5.91 Å². The number of ether oxygens (including phenoxy) is 2. The molecule has 0 spiro atoms. The molecule has 1 saturated heterocycles. The maximum Gasteiger partial charge on any atom is 0.407 e. The number of rotatable bonds is 7. The largest absolute Gasteiger partial charge is 0.479 e. The Bertz CT molecular complexity index is 1070. The van der Waals surface area contributed by atoms with Gasteiger partial charge in [0.05, 0.1) is 31.2 Å². The zero-order chi connectivity index (χ0) is 24.5. The highest BCUT2D eigenvalue weighted by Gasteiger charge is 2.48. The molecule has 1 aliphatic heterocycles. The van der Waals surface area contributed by atoms with E-state index in [1.165, 1.54) is 0 Å². The van der Waals surface area contributed by atoms with Gasteiger partial charge in [-0.3, -0.25) is 4.79 Å². The molecule has 3 unspecified atom stereocenters. The first-order valence-electron chi connectivity index (χ1n) is 11.1. The van der Waals surface area contributed by atoms with E-state index in [9.17, 15) is 19.5 Å². The van der Waals surface area contributed by atoms with Crippen molar-refractivity contribution >= 4 is 18.0 Å². The predicted octanol–water partition coefficient (Wildman–Crippen LogP) is 1.88. The topological polar surface area (TPSA) is 134 Å². The molecule has 4 rings (SSSR count). The van der Waals surface area contributed by atoms with Crippen LogP contribution in [0.15, 0.2) is 48.5 Å². The van der Waals surface area contributed by atoms with Crippen molar-refractivity contribution in [2.45, 2.75) is 31.4 Å². The molecule has 2 aromatic carbocycles. The summed E-state index contributed by atoms with van der Waals surface area (Å²) >= 11 is 0. The summed E-state index contributed by atoms with van der Waals surface area (Å²) in [5, 5.41) is 24.0. The predicted molar refractivity (Wildman–Crippen MR) is 122 cm³/mol. The van der Waals surface area contributed by atoms with Gasteiger partial charge in [-0.25, -0.2) is 9.59 Å². The fraction of sp³-hybridized carbons (Fsp3) is 0.400. The van der Waals surface area contributed by atoms with Crippen LogP contribution >= 0.6 is 0 Å². The van der Waals surface area contributed by atoms with Crippen molar-refractivity contribution in [1.29, 1.82) is 0 Å². The molecular formula is C25H28N2O7. The van der Waals surface area contributed by atoms with Gasteiger partial charge in [-0.2, -0.15) is 0 Å². The monoisotopic (exact) mass is 468 g/mol. The molecule has 1 fully saturated rings. The number of aliphatic carboxylic acids is 1. The number of hydrogen-bond acceptors (Lipinski definition) is 6. The Balaban J connectivity index is 1.38. The van der Waals surface area contributed by atoms with Crippen molar-refractivity contribution in [1.82, 2.24) is 10.6 Å². The summed E-state index contributed by atoms with van der Waals surface area (Å²) in [5.41, 5.74) is 1.17. The van der Waals surface area contributed by atoms with Gasteiger partial charge in [0.15, 0.2) is 5.60 Å². The van der Waals surface area contributed by atoms with Crippen LogP contribution in [0, 0.1) is 5.41 Å². The third-order valence-electron chi connectivity index (χ3n) is 6.66. The molecule has 3 atom stereocenters. The minimum absolute atomic E-state index is 0.0301. The molecule has 9 heteroatoms. The summed E-state index contributed by atoms with van der Waals surface area (Å²) in [7, 11) is 0. The Morgan fingerprint density at radius 3 is 2.29 bits per heavy atom. The lowest BCUT2D eigenvalue weighted by molar-refractivity contribution is -0.156. The fourth-order valence-corrected chi connectivity index (χ4v) is 4.41. The molecule has 1 heterocycles. The quantitative estimate of drug-likeness (QED) is 0.487. The first-order valence-corrected chi connectivity index (χ1v) is 11.1. The van der Waals surface area contributed by atoms with Gasteiger partial charge in [-0.05, 0) is 36.1 Å². The van der Waals surface area contributed by atoms with Crippen molar-refractivity contribution in [3.05, 3.63) is 59.7 Å². The van der Waals surface area contributed by atoms with Crippen molar-refractivity contribution in [2.75, 3.05) is 26.4 Å². The molecule has 34 heavy (non-hydrogen) atoms. The van der Waals surface area contributed by atoms with E-state index < -0.39 is 41.6 Å². The molecule has 9 nitrogen and oxygen atoms in total. The van der Waals surface area contributed by atoms with E-state index in [2.05, 4.69) is 22.8 Å². The maximum atomic E-state index is 12.8. The third kappa shape index (κ3) is 4.36. The van der Waals surface area contributed by atoms with Crippen LogP contribution in [-0.2, 0) is 19.1 Å². The standard InChI is InChI=1S/C25H28N2O7/c1-24(21(28)26-13-25(2,32)22(29)30)14-33-12-20(24)27-23(31)34-11-19-17-9-5-3-7-15(17)16-8-4-6-10-18(16)19/h3-10,19-20,32H,11-14H2,1-2H3,(H,26,28)(H,27,31)(H,29,30). The Labute approximate surface area is 197 Å². The Kier molecular flexibility index (Phi) is 6.33. The SMILES string of the molecule is CC(O)(CNC(=O)C1(C)COCC1NC(=O)OCC1c2ccccc2-c2ccccc21)C(=O)O. The average molecular weight is 469 g/mol. The van der Waals surface area contributed by atoms with Crippen molar-refractivity contribution in [3.8, 4) is 11.1 Å². The molecule has 2 aliphatic rings. The van der Waals surface area contributed by atoms with Gasteiger partial charge in [0.25, 0.3) is 0 Å². The van der Waals surface area contributed by atoms with Crippen molar-refractivity contribution < 1.29 is 34.1 Å². The van der Waals surface area contributed by atoms with E-state index in [1.54, 1.807) is 6.92 Å². The highest BCUT2D eigenvalue weighted by Crippen LogP contribution is 2.44. The number of fused-ring (bicyclic) bond motifs is 3. The summed E-state index contributed by atoms with van der Waals surface area (Å²) in [6.07, 6.45) is -0.672. The van der Waals surface area contributed by atoms with E-state index in [-0.39, 0.29) is 25.7 Å². The molecule has 0 saturated carbocycles. The van der Waals surface area contributed by atoms with Crippen LogP contribution in [0.4, 0.5) is 4.79 Å². The molecule has 2 amide bonds. The minimum Gasteiger partial charge on any atom is -0.479 e. The maximum absolute atomic E-state index is 12.8. The highest BCUT2D eigenvalue weighted by atomic mass is 16.5. The Morgan fingerprint density at radius 2 is 1.71 bits per heavy atom. The summed E-state index contributed by atoms with van der Waals surface area (Å²) in [5.74, 6) is -2.07. The number of amides is 2.